The van der Waals surface area contributed by atoms with Gasteiger partial charge in [-0.1, -0.05) is 57.9 Å². The van der Waals surface area contributed by atoms with Gasteiger partial charge in [0, 0.05) is 45.1 Å². The first-order valence-electron chi connectivity index (χ1n) is 10.2. The topological polar surface area (TPSA) is 74.3 Å². The molecule has 0 saturated carbocycles. The third-order valence-corrected chi connectivity index (χ3v) is 5.97. The second-order valence-electron chi connectivity index (χ2n) is 7.51. The second-order valence-corrected chi connectivity index (χ2v) is 8.86. The lowest BCUT2D eigenvalue weighted by Gasteiger charge is -2.17. The van der Waals surface area contributed by atoms with Gasteiger partial charge in [-0.05, 0) is 47.5 Å². The summed E-state index contributed by atoms with van der Waals surface area (Å²) in [7, 11) is 0. The lowest BCUT2D eigenvalue weighted by molar-refractivity contribution is -0.139. The molecule has 3 aromatic carbocycles. The highest BCUT2D eigenvalue weighted by Gasteiger charge is 2.20. The lowest BCUT2D eigenvalue weighted by Crippen LogP contribution is -2.38. The maximum absolute atomic E-state index is 12.0. The van der Waals surface area contributed by atoms with E-state index in [4.69, 9.17) is 16.3 Å². The Kier molecular flexibility index (Phi) is 7.15. The molecule has 7 heteroatoms. The molecule has 5 nitrogen and oxygen atoms in total. The van der Waals surface area contributed by atoms with Crippen LogP contribution in [-0.2, 0) is 24.4 Å². The van der Waals surface area contributed by atoms with Crippen molar-refractivity contribution in [3.63, 3.8) is 0 Å². The number of halogens is 2. The van der Waals surface area contributed by atoms with Crippen LogP contribution in [0.25, 0.3) is 10.9 Å². The van der Waals surface area contributed by atoms with Crippen molar-refractivity contribution in [2.24, 2.45) is 0 Å². The molecule has 0 fully saturated rings. The van der Waals surface area contributed by atoms with E-state index in [1.807, 2.05) is 72.9 Å². The van der Waals surface area contributed by atoms with Crippen molar-refractivity contribution in [1.82, 2.24) is 10.3 Å². The third-order valence-electron chi connectivity index (χ3n) is 5.24. The van der Waals surface area contributed by atoms with Crippen molar-refractivity contribution in [2.75, 3.05) is 0 Å². The predicted molar refractivity (Wildman–Crippen MR) is 130 cm³/mol. The maximum atomic E-state index is 12.0. The number of aromatic amines is 1. The Balaban J connectivity index is 1.47. The summed E-state index contributed by atoms with van der Waals surface area (Å²) in [6, 6.07) is 20.4. The van der Waals surface area contributed by atoms with Gasteiger partial charge in [-0.15, -0.1) is 0 Å². The number of ether oxygens (including phenoxy) is 1. The number of carbonyl (C=O) groups is 1. The van der Waals surface area contributed by atoms with Crippen molar-refractivity contribution in [3.05, 3.63) is 99.1 Å². The van der Waals surface area contributed by atoms with Crippen LogP contribution in [0.2, 0.25) is 5.02 Å². The molecule has 1 atom stereocenters. The Hall–Kier alpha value is -2.80. The highest BCUT2D eigenvalue weighted by molar-refractivity contribution is 9.10. The molecule has 1 heterocycles. The number of hydrogen-bond donors (Lipinski definition) is 3. The van der Waals surface area contributed by atoms with E-state index in [0.717, 1.165) is 32.1 Å². The fourth-order valence-electron chi connectivity index (χ4n) is 3.62. The molecule has 0 radical (unpaired) electrons. The first-order valence-corrected chi connectivity index (χ1v) is 11.3. The van der Waals surface area contributed by atoms with E-state index in [9.17, 15) is 9.90 Å². The number of para-hydroxylation sites is 1. The van der Waals surface area contributed by atoms with Crippen molar-refractivity contribution in [3.8, 4) is 5.75 Å². The molecule has 0 aliphatic rings. The van der Waals surface area contributed by atoms with Gasteiger partial charge < -0.3 is 14.8 Å². The summed E-state index contributed by atoms with van der Waals surface area (Å²) < 4.78 is 6.91. The number of aliphatic carboxylic acids is 1. The fourth-order valence-corrected chi connectivity index (χ4v) is 4.24. The number of carboxylic acid groups (broad SMARTS) is 1. The molecule has 0 amide bonds. The molecular weight excluding hydrogens is 492 g/mol. The summed E-state index contributed by atoms with van der Waals surface area (Å²) in [5.74, 6) is -0.205. The standard InChI is InChI=1S/C25H22BrClN2O3/c26-19-8-9-24(32-15-16-4-3-5-20(27)10-16)18(11-19)14-29-23(25(30)31)12-17-13-28-22-7-2-1-6-21(17)22/h1-11,13,23,28-29H,12,14-15H2,(H,30,31)/t23-/m0/s1. The Bertz CT molecular complexity index is 1240. The quantitative estimate of drug-likeness (QED) is 0.259. The number of aromatic nitrogens is 1. The van der Waals surface area contributed by atoms with Crippen LogP contribution in [0.4, 0.5) is 0 Å². The largest absolute Gasteiger partial charge is 0.489 e. The molecule has 1 aromatic heterocycles. The molecule has 4 rings (SSSR count). The molecule has 3 N–H and O–H groups in total. The summed E-state index contributed by atoms with van der Waals surface area (Å²) in [6.45, 7) is 0.719. The first kappa shape index (κ1) is 22.4. The van der Waals surface area contributed by atoms with E-state index in [-0.39, 0.29) is 0 Å². The Morgan fingerprint density at radius 3 is 2.75 bits per heavy atom. The number of fused-ring (bicyclic) bond motifs is 1. The van der Waals surface area contributed by atoms with Gasteiger partial charge in [0.2, 0.25) is 0 Å². The van der Waals surface area contributed by atoms with Crippen LogP contribution in [0, 0.1) is 0 Å². The minimum atomic E-state index is -0.897. The van der Waals surface area contributed by atoms with Crippen molar-refractivity contribution in [2.45, 2.75) is 25.6 Å². The van der Waals surface area contributed by atoms with E-state index in [2.05, 4.69) is 26.2 Å². The molecule has 164 valence electrons. The molecule has 0 saturated heterocycles. The number of hydrogen-bond acceptors (Lipinski definition) is 3. The minimum absolute atomic E-state index is 0.351. The zero-order valence-corrected chi connectivity index (χ0v) is 19.5. The number of carboxylic acids is 1. The summed E-state index contributed by atoms with van der Waals surface area (Å²) in [5.41, 5.74) is 3.79. The molecule has 4 aromatic rings. The van der Waals surface area contributed by atoms with E-state index in [1.165, 1.54) is 0 Å². The molecule has 0 spiro atoms. The van der Waals surface area contributed by atoms with Crippen LogP contribution in [0.5, 0.6) is 5.75 Å². The van der Waals surface area contributed by atoms with Crippen LogP contribution in [0.15, 0.2) is 77.4 Å². The number of rotatable bonds is 9. The Morgan fingerprint density at radius 1 is 1.09 bits per heavy atom. The number of benzene rings is 3. The monoisotopic (exact) mass is 512 g/mol. The Labute approximate surface area is 199 Å². The summed E-state index contributed by atoms with van der Waals surface area (Å²) in [4.78, 5) is 15.2. The SMILES string of the molecule is O=C(O)[C@H](Cc1c[nH]c2ccccc12)NCc1cc(Br)ccc1OCc1cccc(Cl)c1. The van der Waals surface area contributed by atoms with Gasteiger partial charge in [-0.3, -0.25) is 10.1 Å². The van der Waals surface area contributed by atoms with Gasteiger partial charge in [-0.25, -0.2) is 0 Å². The molecule has 0 bridgehead atoms. The van der Waals surface area contributed by atoms with E-state index >= 15 is 0 Å². The molecule has 0 aliphatic carbocycles. The molecular formula is C25H22BrClN2O3. The number of nitrogens with one attached hydrogen (secondary N) is 2. The van der Waals surface area contributed by atoms with E-state index < -0.39 is 12.0 Å². The zero-order chi connectivity index (χ0) is 22.5. The first-order chi connectivity index (χ1) is 15.5. The van der Waals surface area contributed by atoms with Gasteiger partial charge in [0.1, 0.15) is 18.4 Å². The van der Waals surface area contributed by atoms with Crippen LogP contribution < -0.4 is 10.1 Å². The Morgan fingerprint density at radius 2 is 1.94 bits per heavy atom. The average Bonchev–Trinajstić information content (AvgIpc) is 3.18. The molecule has 0 aliphatic heterocycles. The highest BCUT2D eigenvalue weighted by Crippen LogP contribution is 2.25. The van der Waals surface area contributed by atoms with Gasteiger partial charge in [-0.2, -0.15) is 0 Å². The van der Waals surface area contributed by atoms with Crippen LogP contribution in [-0.4, -0.2) is 22.1 Å². The van der Waals surface area contributed by atoms with Gasteiger partial charge in [0.25, 0.3) is 0 Å². The predicted octanol–water partition coefficient (Wildman–Crippen LogP) is 5.95. The van der Waals surface area contributed by atoms with Crippen LogP contribution >= 0.6 is 27.5 Å². The van der Waals surface area contributed by atoms with E-state index in [0.29, 0.717) is 30.3 Å². The van der Waals surface area contributed by atoms with Crippen molar-refractivity contribution < 1.29 is 14.6 Å². The summed E-state index contributed by atoms with van der Waals surface area (Å²) in [5, 5.41) is 14.7. The normalized spacial score (nSPS) is 12.1. The van der Waals surface area contributed by atoms with E-state index in [1.54, 1.807) is 0 Å². The zero-order valence-electron chi connectivity index (χ0n) is 17.1. The second kappa shape index (κ2) is 10.2. The van der Waals surface area contributed by atoms with Gasteiger partial charge in [0.15, 0.2) is 0 Å². The summed E-state index contributed by atoms with van der Waals surface area (Å²) in [6.07, 6.45) is 2.24. The smallest absolute Gasteiger partial charge is 0.321 e. The fraction of sp³-hybridized carbons (Fsp3) is 0.160. The highest BCUT2D eigenvalue weighted by atomic mass is 79.9. The average molecular weight is 514 g/mol. The maximum Gasteiger partial charge on any atom is 0.321 e. The minimum Gasteiger partial charge on any atom is -0.489 e. The van der Waals surface area contributed by atoms with Crippen LogP contribution in [0.1, 0.15) is 16.7 Å². The van der Waals surface area contributed by atoms with Gasteiger partial charge in [0.05, 0.1) is 0 Å². The van der Waals surface area contributed by atoms with Gasteiger partial charge >= 0.3 is 5.97 Å². The van der Waals surface area contributed by atoms with Crippen molar-refractivity contribution >= 4 is 44.4 Å². The molecule has 0 unspecified atom stereocenters. The lowest BCUT2D eigenvalue weighted by atomic mass is 10.0. The van der Waals surface area contributed by atoms with Crippen LogP contribution in [0.3, 0.4) is 0 Å². The number of H-pyrrole nitrogens is 1. The summed E-state index contributed by atoms with van der Waals surface area (Å²) >= 11 is 9.55. The third kappa shape index (κ3) is 5.51. The van der Waals surface area contributed by atoms with Crippen molar-refractivity contribution in [1.29, 1.82) is 0 Å². The molecule has 32 heavy (non-hydrogen) atoms.